The molecule has 1 N–H and O–H groups in total. The molecule has 156 valence electrons. The Labute approximate surface area is 176 Å². The highest BCUT2D eigenvalue weighted by molar-refractivity contribution is 5.95. The quantitative estimate of drug-likeness (QED) is 0.370. The third kappa shape index (κ3) is 3.75. The van der Waals surface area contributed by atoms with Crippen LogP contribution in [0.4, 0.5) is 0 Å². The lowest BCUT2D eigenvalue weighted by atomic mass is 10.0. The molecule has 6 nitrogen and oxygen atoms in total. The van der Waals surface area contributed by atoms with Gasteiger partial charge >= 0.3 is 0 Å². The third-order valence-corrected chi connectivity index (χ3v) is 6.31. The molecule has 0 unspecified atom stereocenters. The zero-order valence-corrected chi connectivity index (χ0v) is 17.6. The summed E-state index contributed by atoms with van der Waals surface area (Å²) in [4.78, 5) is 25.7. The molecule has 1 amide bonds. The van der Waals surface area contributed by atoms with Crippen LogP contribution in [0.1, 0.15) is 42.5 Å². The SMILES string of the molecule is CN(C(=O)c1ccc(-c2ccc3c(cnn3C)c2)cc1)C1(NCCC=O)CCCC1. The van der Waals surface area contributed by atoms with Gasteiger partial charge in [0, 0.05) is 38.0 Å². The number of carbonyl (C=O) groups excluding carboxylic acids is 2. The van der Waals surface area contributed by atoms with Crippen molar-refractivity contribution in [2.75, 3.05) is 13.6 Å². The number of hydrogen-bond acceptors (Lipinski definition) is 4. The van der Waals surface area contributed by atoms with Crippen molar-refractivity contribution in [3.63, 3.8) is 0 Å². The lowest BCUT2D eigenvalue weighted by Crippen LogP contribution is -2.57. The Morgan fingerprint density at radius 1 is 1.17 bits per heavy atom. The van der Waals surface area contributed by atoms with Crippen molar-refractivity contribution in [3.05, 3.63) is 54.2 Å². The minimum atomic E-state index is -0.357. The number of fused-ring (bicyclic) bond motifs is 1. The van der Waals surface area contributed by atoms with Crippen molar-refractivity contribution in [3.8, 4) is 11.1 Å². The third-order valence-electron chi connectivity index (χ3n) is 6.31. The van der Waals surface area contributed by atoms with Gasteiger partial charge in [-0.25, -0.2) is 0 Å². The zero-order valence-electron chi connectivity index (χ0n) is 17.6. The summed E-state index contributed by atoms with van der Waals surface area (Å²) >= 11 is 0. The second kappa shape index (κ2) is 8.40. The number of nitrogens with zero attached hydrogens (tertiary/aromatic N) is 3. The summed E-state index contributed by atoms with van der Waals surface area (Å²) in [5.41, 5.74) is 3.58. The number of amides is 1. The molecule has 0 saturated heterocycles. The van der Waals surface area contributed by atoms with Crippen LogP contribution >= 0.6 is 0 Å². The van der Waals surface area contributed by atoms with Gasteiger partial charge in [0.05, 0.1) is 17.4 Å². The fraction of sp³-hybridized carbons (Fsp3) is 0.375. The largest absolute Gasteiger partial charge is 0.323 e. The highest BCUT2D eigenvalue weighted by Crippen LogP contribution is 2.33. The second-order valence-electron chi connectivity index (χ2n) is 8.10. The number of carbonyl (C=O) groups is 2. The lowest BCUT2D eigenvalue weighted by Gasteiger charge is -2.40. The Morgan fingerprint density at radius 2 is 1.87 bits per heavy atom. The fourth-order valence-corrected chi connectivity index (χ4v) is 4.49. The van der Waals surface area contributed by atoms with Crippen LogP contribution in [0, 0.1) is 0 Å². The van der Waals surface area contributed by atoms with Gasteiger partial charge in [0.2, 0.25) is 0 Å². The van der Waals surface area contributed by atoms with Gasteiger partial charge < -0.3 is 9.69 Å². The molecule has 1 aromatic heterocycles. The van der Waals surface area contributed by atoms with E-state index in [1.54, 1.807) is 0 Å². The lowest BCUT2D eigenvalue weighted by molar-refractivity contribution is -0.107. The van der Waals surface area contributed by atoms with Crippen LogP contribution in [0.2, 0.25) is 0 Å². The average Bonchev–Trinajstić information content (AvgIpc) is 3.40. The van der Waals surface area contributed by atoms with Crippen molar-refractivity contribution in [2.45, 2.75) is 37.8 Å². The van der Waals surface area contributed by atoms with Crippen LogP contribution in [0.3, 0.4) is 0 Å². The molecule has 3 aromatic rings. The van der Waals surface area contributed by atoms with Crippen molar-refractivity contribution in [1.29, 1.82) is 0 Å². The molecule has 1 aliphatic carbocycles. The predicted molar refractivity (Wildman–Crippen MR) is 118 cm³/mol. The van der Waals surface area contributed by atoms with Crippen molar-refractivity contribution >= 4 is 23.1 Å². The topological polar surface area (TPSA) is 67.2 Å². The molecule has 4 rings (SSSR count). The van der Waals surface area contributed by atoms with E-state index in [0.29, 0.717) is 18.5 Å². The first kappa shape index (κ1) is 20.3. The van der Waals surface area contributed by atoms with Crippen LogP contribution in [0.5, 0.6) is 0 Å². The zero-order chi connectivity index (χ0) is 21.1. The van der Waals surface area contributed by atoms with E-state index in [0.717, 1.165) is 54.0 Å². The molecule has 1 fully saturated rings. The number of rotatable bonds is 7. The van der Waals surface area contributed by atoms with Gasteiger partial charge in [-0.05, 0) is 61.1 Å². The van der Waals surface area contributed by atoms with E-state index in [1.165, 1.54) is 0 Å². The molecule has 1 aliphatic rings. The average molecular weight is 405 g/mol. The summed E-state index contributed by atoms with van der Waals surface area (Å²) in [5, 5.41) is 8.86. The Kier molecular flexibility index (Phi) is 5.68. The van der Waals surface area contributed by atoms with Crippen molar-refractivity contribution < 1.29 is 9.59 Å². The summed E-state index contributed by atoms with van der Waals surface area (Å²) in [6.45, 7) is 0.594. The first-order valence-electron chi connectivity index (χ1n) is 10.5. The highest BCUT2D eigenvalue weighted by Gasteiger charge is 2.39. The van der Waals surface area contributed by atoms with Crippen LogP contribution in [-0.4, -0.2) is 46.1 Å². The van der Waals surface area contributed by atoms with E-state index in [-0.39, 0.29) is 11.6 Å². The van der Waals surface area contributed by atoms with Gasteiger partial charge in [-0.2, -0.15) is 5.10 Å². The monoisotopic (exact) mass is 404 g/mol. The first-order valence-corrected chi connectivity index (χ1v) is 10.5. The van der Waals surface area contributed by atoms with E-state index in [9.17, 15) is 9.59 Å². The second-order valence-corrected chi connectivity index (χ2v) is 8.10. The summed E-state index contributed by atoms with van der Waals surface area (Å²) in [7, 11) is 3.80. The molecule has 0 atom stereocenters. The van der Waals surface area contributed by atoms with E-state index >= 15 is 0 Å². The number of aryl methyl sites for hydroxylation is 1. The number of nitrogens with one attached hydrogen (secondary N) is 1. The summed E-state index contributed by atoms with van der Waals surface area (Å²) in [6.07, 6.45) is 7.24. The molecule has 0 bridgehead atoms. The van der Waals surface area contributed by atoms with Gasteiger partial charge in [0.25, 0.3) is 5.91 Å². The molecule has 1 heterocycles. The smallest absolute Gasteiger partial charge is 0.255 e. The Morgan fingerprint density at radius 3 is 2.57 bits per heavy atom. The maximum Gasteiger partial charge on any atom is 0.255 e. The van der Waals surface area contributed by atoms with Crippen LogP contribution in [0.15, 0.2) is 48.7 Å². The Balaban J connectivity index is 1.53. The summed E-state index contributed by atoms with van der Waals surface area (Å²) in [5.74, 6) is 0.00441. The molecule has 0 aliphatic heterocycles. The number of hydrogen-bond donors (Lipinski definition) is 1. The highest BCUT2D eigenvalue weighted by atomic mass is 16.2. The standard InChI is InChI=1S/C24H28N4O2/c1-27(24(12-3-4-13-24)25-14-5-15-29)23(30)19-8-6-18(7-9-19)20-10-11-22-21(16-20)17-26-28(22)2/h6-11,15-17,25H,3-5,12-14H2,1-2H3. The Bertz CT molecular complexity index is 1050. The minimum Gasteiger partial charge on any atom is -0.323 e. The van der Waals surface area contributed by atoms with Crippen LogP contribution in [-0.2, 0) is 11.8 Å². The molecule has 2 aromatic carbocycles. The molecular weight excluding hydrogens is 376 g/mol. The maximum absolute atomic E-state index is 13.2. The van der Waals surface area contributed by atoms with E-state index in [2.05, 4.69) is 28.6 Å². The van der Waals surface area contributed by atoms with E-state index in [1.807, 2.05) is 54.1 Å². The van der Waals surface area contributed by atoms with Crippen molar-refractivity contribution in [2.24, 2.45) is 7.05 Å². The summed E-state index contributed by atoms with van der Waals surface area (Å²) in [6, 6.07) is 14.1. The molecule has 1 saturated carbocycles. The minimum absolute atomic E-state index is 0.00441. The first-order chi connectivity index (χ1) is 14.5. The Hall–Kier alpha value is -2.99. The van der Waals surface area contributed by atoms with Crippen LogP contribution in [0.25, 0.3) is 22.0 Å². The van der Waals surface area contributed by atoms with Gasteiger partial charge in [-0.1, -0.05) is 18.2 Å². The van der Waals surface area contributed by atoms with Crippen molar-refractivity contribution in [1.82, 2.24) is 20.0 Å². The molecular formula is C24H28N4O2. The normalized spacial score (nSPS) is 15.4. The number of benzene rings is 2. The van der Waals surface area contributed by atoms with E-state index < -0.39 is 0 Å². The predicted octanol–water partition coefficient (Wildman–Crippen LogP) is 3.76. The molecule has 0 spiro atoms. The van der Waals surface area contributed by atoms with Crippen LogP contribution < -0.4 is 5.32 Å². The molecule has 6 heteroatoms. The number of aldehydes is 1. The van der Waals surface area contributed by atoms with Gasteiger partial charge in [-0.15, -0.1) is 0 Å². The fourth-order valence-electron chi connectivity index (χ4n) is 4.49. The number of aromatic nitrogens is 2. The molecule has 0 radical (unpaired) electrons. The van der Waals surface area contributed by atoms with E-state index in [4.69, 9.17) is 0 Å². The van der Waals surface area contributed by atoms with Gasteiger partial charge in [0.1, 0.15) is 6.29 Å². The van der Waals surface area contributed by atoms with Gasteiger partial charge in [0.15, 0.2) is 0 Å². The van der Waals surface area contributed by atoms with Gasteiger partial charge in [-0.3, -0.25) is 14.8 Å². The summed E-state index contributed by atoms with van der Waals surface area (Å²) < 4.78 is 1.86. The maximum atomic E-state index is 13.2. The molecule has 30 heavy (non-hydrogen) atoms.